The van der Waals surface area contributed by atoms with Crippen molar-refractivity contribution in [3.05, 3.63) is 29.8 Å². The molecule has 0 unspecified atom stereocenters. The molecule has 0 heterocycles. The zero-order valence-electron chi connectivity index (χ0n) is 14.1. The average molecular weight is 300 g/mol. The second-order valence-electron chi connectivity index (χ2n) is 7.78. The summed E-state index contributed by atoms with van der Waals surface area (Å²) in [7, 11) is 0. The Labute approximate surface area is 136 Å². The van der Waals surface area contributed by atoms with E-state index in [0.717, 1.165) is 17.8 Å². The van der Waals surface area contributed by atoms with Gasteiger partial charge in [0.15, 0.2) is 0 Å². The van der Waals surface area contributed by atoms with Gasteiger partial charge in [0.1, 0.15) is 5.75 Å². The highest BCUT2D eigenvalue weighted by Crippen LogP contribution is 2.44. The van der Waals surface area contributed by atoms with Gasteiger partial charge in [-0.05, 0) is 79.9 Å². The van der Waals surface area contributed by atoms with Crippen molar-refractivity contribution in [1.29, 1.82) is 0 Å². The van der Waals surface area contributed by atoms with E-state index >= 15 is 0 Å². The second-order valence-corrected chi connectivity index (χ2v) is 7.78. The van der Waals surface area contributed by atoms with E-state index in [0.29, 0.717) is 11.7 Å². The van der Waals surface area contributed by atoms with Crippen molar-refractivity contribution in [1.82, 2.24) is 0 Å². The highest BCUT2D eigenvalue weighted by molar-refractivity contribution is 5.29. The minimum atomic E-state index is 0.425. The molecule has 22 heavy (non-hydrogen) atoms. The molecule has 1 aromatic rings. The molecule has 0 radical (unpaired) electrons. The first-order valence-corrected chi connectivity index (χ1v) is 9.55. The number of phenolic OH excluding ortho intramolecular Hbond substituents is 1. The first-order valence-electron chi connectivity index (χ1n) is 9.55. The van der Waals surface area contributed by atoms with Crippen molar-refractivity contribution < 1.29 is 5.11 Å². The SMILES string of the molecule is CCCC1CCC(C2CCC(c3cccc(O)c3)CC2)CC1. The lowest BCUT2D eigenvalue weighted by Crippen LogP contribution is -2.25. The van der Waals surface area contributed by atoms with Gasteiger partial charge in [0.25, 0.3) is 0 Å². The lowest BCUT2D eigenvalue weighted by molar-refractivity contribution is 0.156. The molecular weight excluding hydrogens is 268 g/mol. The molecule has 1 nitrogen and oxygen atoms in total. The van der Waals surface area contributed by atoms with Gasteiger partial charge in [-0.3, -0.25) is 0 Å². The Balaban J connectivity index is 1.48. The van der Waals surface area contributed by atoms with Gasteiger partial charge < -0.3 is 5.11 Å². The number of phenols is 1. The topological polar surface area (TPSA) is 20.2 Å². The van der Waals surface area contributed by atoms with E-state index in [9.17, 15) is 5.11 Å². The van der Waals surface area contributed by atoms with Crippen LogP contribution in [0.5, 0.6) is 5.75 Å². The van der Waals surface area contributed by atoms with Gasteiger partial charge in [-0.15, -0.1) is 0 Å². The van der Waals surface area contributed by atoms with E-state index < -0.39 is 0 Å². The van der Waals surface area contributed by atoms with Gasteiger partial charge in [0, 0.05) is 0 Å². The predicted octanol–water partition coefficient (Wildman–Crippen LogP) is 6.27. The number of hydrogen-bond donors (Lipinski definition) is 1. The number of benzene rings is 1. The molecule has 0 aromatic heterocycles. The summed E-state index contributed by atoms with van der Waals surface area (Å²) in [6.07, 6.45) is 14.2. The lowest BCUT2D eigenvalue weighted by Gasteiger charge is -2.38. The fourth-order valence-electron chi connectivity index (χ4n) is 5.06. The molecule has 2 aliphatic rings. The molecule has 1 aromatic carbocycles. The van der Waals surface area contributed by atoms with E-state index in [1.807, 2.05) is 12.1 Å². The Morgan fingerprint density at radius 2 is 1.55 bits per heavy atom. The molecule has 3 rings (SSSR count). The molecule has 0 bridgehead atoms. The Hall–Kier alpha value is -0.980. The second kappa shape index (κ2) is 7.53. The van der Waals surface area contributed by atoms with Crippen LogP contribution in [0.15, 0.2) is 24.3 Å². The van der Waals surface area contributed by atoms with Crippen LogP contribution in [-0.2, 0) is 0 Å². The van der Waals surface area contributed by atoms with Gasteiger partial charge in [-0.1, -0.05) is 44.7 Å². The van der Waals surface area contributed by atoms with E-state index in [-0.39, 0.29) is 0 Å². The van der Waals surface area contributed by atoms with Gasteiger partial charge in [0.2, 0.25) is 0 Å². The maximum atomic E-state index is 9.67. The molecular formula is C21H32O. The van der Waals surface area contributed by atoms with Crippen LogP contribution < -0.4 is 0 Å². The average Bonchev–Trinajstić information content (AvgIpc) is 2.56. The molecule has 0 spiro atoms. The molecule has 2 saturated carbocycles. The zero-order chi connectivity index (χ0) is 15.4. The summed E-state index contributed by atoms with van der Waals surface area (Å²) in [4.78, 5) is 0. The van der Waals surface area contributed by atoms with Crippen molar-refractivity contribution in [3.63, 3.8) is 0 Å². The third-order valence-electron chi connectivity index (χ3n) is 6.37. The Morgan fingerprint density at radius 1 is 0.909 bits per heavy atom. The third kappa shape index (κ3) is 3.86. The van der Waals surface area contributed by atoms with E-state index in [2.05, 4.69) is 13.0 Å². The van der Waals surface area contributed by atoms with Crippen molar-refractivity contribution in [2.75, 3.05) is 0 Å². The molecule has 0 amide bonds. The van der Waals surface area contributed by atoms with Gasteiger partial charge >= 0.3 is 0 Å². The maximum Gasteiger partial charge on any atom is 0.115 e. The van der Waals surface area contributed by atoms with Crippen LogP contribution in [-0.4, -0.2) is 5.11 Å². The summed E-state index contributed by atoms with van der Waals surface area (Å²) in [6.45, 7) is 2.33. The summed E-state index contributed by atoms with van der Waals surface area (Å²) < 4.78 is 0. The summed E-state index contributed by atoms with van der Waals surface area (Å²) in [5.41, 5.74) is 1.35. The van der Waals surface area contributed by atoms with E-state index in [4.69, 9.17) is 0 Å². The van der Waals surface area contributed by atoms with Gasteiger partial charge in [0.05, 0.1) is 0 Å². The molecule has 0 saturated heterocycles. The van der Waals surface area contributed by atoms with Crippen molar-refractivity contribution in [3.8, 4) is 5.75 Å². The Kier molecular flexibility index (Phi) is 5.44. The van der Waals surface area contributed by atoms with Crippen LogP contribution >= 0.6 is 0 Å². The largest absolute Gasteiger partial charge is 0.508 e. The molecule has 1 N–H and O–H groups in total. The number of hydrogen-bond acceptors (Lipinski definition) is 1. The van der Waals surface area contributed by atoms with Crippen molar-refractivity contribution in [2.45, 2.75) is 77.0 Å². The summed E-state index contributed by atoms with van der Waals surface area (Å²) in [6, 6.07) is 7.94. The minimum absolute atomic E-state index is 0.425. The summed E-state index contributed by atoms with van der Waals surface area (Å²) >= 11 is 0. The molecule has 2 aliphatic carbocycles. The molecule has 0 aliphatic heterocycles. The van der Waals surface area contributed by atoms with Crippen LogP contribution in [0, 0.1) is 17.8 Å². The molecule has 0 atom stereocenters. The highest BCUT2D eigenvalue weighted by Gasteiger charge is 2.31. The standard InChI is InChI=1S/C21H32O/c1-2-4-16-7-9-17(10-8-16)18-11-13-19(14-12-18)20-5-3-6-21(22)15-20/h3,5-6,15-19,22H,2,4,7-14H2,1H3. The summed E-state index contributed by atoms with van der Waals surface area (Å²) in [5, 5.41) is 9.67. The van der Waals surface area contributed by atoms with Gasteiger partial charge in [-0.25, -0.2) is 0 Å². The Morgan fingerprint density at radius 3 is 2.14 bits per heavy atom. The lowest BCUT2D eigenvalue weighted by atomic mass is 9.68. The van der Waals surface area contributed by atoms with Gasteiger partial charge in [-0.2, -0.15) is 0 Å². The highest BCUT2D eigenvalue weighted by atomic mass is 16.3. The fraction of sp³-hybridized carbons (Fsp3) is 0.714. The zero-order valence-corrected chi connectivity index (χ0v) is 14.1. The first kappa shape index (κ1) is 15.9. The quantitative estimate of drug-likeness (QED) is 0.694. The van der Waals surface area contributed by atoms with E-state index in [1.54, 1.807) is 6.07 Å². The van der Waals surface area contributed by atoms with Crippen LogP contribution in [0.25, 0.3) is 0 Å². The minimum Gasteiger partial charge on any atom is -0.508 e. The van der Waals surface area contributed by atoms with Crippen LogP contribution in [0.1, 0.15) is 82.6 Å². The maximum absolute atomic E-state index is 9.67. The molecule has 2 fully saturated rings. The normalized spacial score (nSPS) is 32.8. The number of rotatable bonds is 4. The van der Waals surface area contributed by atoms with Crippen LogP contribution in [0.4, 0.5) is 0 Å². The first-order chi connectivity index (χ1) is 10.8. The predicted molar refractivity (Wildman–Crippen MR) is 93.2 cm³/mol. The molecule has 122 valence electrons. The van der Waals surface area contributed by atoms with Crippen LogP contribution in [0.3, 0.4) is 0 Å². The van der Waals surface area contributed by atoms with Crippen LogP contribution in [0.2, 0.25) is 0 Å². The number of aromatic hydroxyl groups is 1. The third-order valence-corrected chi connectivity index (χ3v) is 6.37. The molecule has 1 heteroatoms. The van der Waals surface area contributed by atoms with Crippen molar-refractivity contribution >= 4 is 0 Å². The fourth-order valence-corrected chi connectivity index (χ4v) is 5.06. The smallest absolute Gasteiger partial charge is 0.115 e. The monoisotopic (exact) mass is 300 g/mol. The van der Waals surface area contributed by atoms with E-state index in [1.165, 1.54) is 69.8 Å². The Bertz CT molecular complexity index is 451. The summed E-state index contributed by atoms with van der Waals surface area (Å²) in [5.74, 6) is 4.13. The van der Waals surface area contributed by atoms with Crippen molar-refractivity contribution in [2.24, 2.45) is 17.8 Å².